The van der Waals surface area contributed by atoms with E-state index in [-0.39, 0.29) is 5.91 Å². The van der Waals surface area contributed by atoms with E-state index in [1.54, 1.807) is 4.68 Å². The highest BCUT2D eigenvalue weighted by molar-refractivity contribution is 5.75. The van der Waals surface area contributed by atoms with E-state index in [4.69, 9.17) is 0 Å². The van der Waals surface area contributed by atoms with Crippen LogP contribution in [0.5, 0.6) is 0 Å². The minimum absolute atomic E-state index is 0.231. The van der Waals surface area contributed by atoms with E-state index in [2.05, 4.69) is 39.5 Å². The van der Waals surface area contributed by atoms with E-state index in [9.17, 15) is 4.79 Å². The van der Waals surface area contributed by atoms with Crippen LogP contribution in [0.1, 0.15) is 24.7 Å². The normalized spacial score (nSPS) is 15.8. The maximum atomic E-state index is 11.7. The summed E-state index contributed by atoms with van der Waals surface area (Å²) in [7, 11) is 0. The SMILES string of the molecule is CCC(=O)N1CCN(Cc2nnnn2-c2ccc(C)cc2)CC1. The van der Waals surface area contributed by atoms with Crippen LogP contribution in [-0.4, -0.2) is 62.1 Å². The fourth-order valence-corrected chi connectivity index (χ4v) is 2.77. The average molecular weight is 314 g/mol. The van der Waals surface area contributed by atoms with Crippen molar-refractivity contribution in [3.05, 3.63) is 35.7 Å². The number of amides is 1. The highest BCUT2D eigenvalue weighted by Gasteiger charge is 2.21. The fourth-order valence-electron chi connectivity index (χ4n) is 2.77. The lowest BCUT2D eigenvalue weighted by Gasteiger charge is -2.34. The number of tetrazole rings is 1. The molecule has 23 heavy (non-hydrogen) atoms. The Morgan fingerprint density at radius 2 is 1.83 bits per heavy atom. The standard InChI is InChI=1S/C16H22N6O/c1-3-16(23)21-10-8-20(9-11-21)12-15-17-18-19-22(15)14-6-4-13(2)5-7-14/h4-7H,3,8-12H2,1-2H3. The molecule has 2 aromatic rings. The van der Waals surface area contributed by atoms with Crippen molar-refractivity contribution < 1.29 is 4.79 Å². The molecule has 1 aliphatic heterocycles. The van der Waals surface area contributed by atoms with Crippen LogP contribution < -0.4 is 0 Å². The molecule has 0 spiro atoms. The Labute approximate surface area is 135 Å². The summed E-state index contributed by atoms with van der Waals surface area (Å²) in [5.74, 6) is 1.05. The van der Waals surface area contributed by atoms with Crippen LogP contribution in [0.15, 0.2) is 24.3 Å². The Balaban J connectivity index is 1.65. The number of aromatic nitrogens is 4. The molecule has 122 valence electrons. The monoisotopic (exact) mass is 314 g/mol. The molecule has 1 aromatic carbocycles. The molecular weight excluding hydrogens is 292 g/mol. The maximum absolute atomic E-state index is 11.7. The van der Waals surface area contributed by atoms with E-state index in [0.717, 1.165) is 37.7 Å². The zero-order chi connectivity index (χ0) is 16.2. The number of nitrogens with zero attached hydrogens (tertiary/aromatic N) is 6. The smallest absolute Gasteiger partial charge is 0.222 e. The Morgan fingerprint density at radius 1 is 1.13 bits per heavy atom. The number of hydrogen-bond donors (Lipinski definition) is 0. The third-order valence-corrected chi connectivity index (χ3v) is 4.21. The highest BCUT2D eigenvalue weighted by atomic mass is 16.2. The summed E-state index contributed by atoms with van der Waals surface area (Å²) in [6.45, 7) is 7.91. The molecule has 1 aliphatic rings. The molecule has 0 unspecified atom stereocenters. The minimum atomic E-state index is 0.231. The number of carbonyl (C=O) groups is 1. The third-order valence-electron chi connectivity index (χ3n) is 4.21. The molecular formula is C16H22N6O. The molecule has 7 heteroatoms. The van der Waals surface area contributed by atoms with Crippen LogP contribution in [0.3, 0.4) is 0 Å². The predicted octanol–water partition coefficient (Wildman–Crippen LogP) is 1.02. The molecule has 0 atom stereocenters. The number of rotatable bonds is 4. The van der Waals surface area contributed by atoms with Gasteiger partial charge in [0.15, 0.2) is 5.82 Å². The first-order chi connectivity index (χ1) is 11.2. The van der Waals surface area contributed by atoms with Gasteiger partial charge in [-0.3, -0.25) is 9.69 Å². The van der Waals surface area contributed by atoms with Gasteiger partial charge in [-0.05, 0) is 29.5 Å². The molecule has 1 fully saturated rings. The highest BCUT2D eigenvalue weighted by Crippen LogP contribution is 2.12. The van der Waals surface area contributed by atoms with Crippen molar-refractivity contribution in [1.82, 2.24) is 30.0 Å². The first kappa shape index (κ1) is 15.6. The summed E-state index contributed by atoms with van der Waals surface area (Å²) in [6, 6.07) is 8.14. The van der Waals surface area contributed by atoms with Crippen molar-refractivity contribution in [2.24, 2.45) is 0 Å². The lowest BCUT2D eigenvalue weighted by molar-refractivity contribution is -0.132. The fraction of sp³-hybridized carbons (Fsp3) is 0.500. The summed E-state index contributed by atoms with van der Waals surface area (Å²) in [4.78, 5) is 15.9. The van der Waals surface area contributed by atoms with Crippen LogP contribution in [-0.2, 0) is 11.3 Å². The number of piperazine rings is 1. The quantitative estimate of drug-likeness (QED) is 0.843. The summed E-state index contributed by atoms with van der Waals surface area (Å²) in [5.41, 5.74) is 2.18. The lowest BCUT2D eigenvalue weighted by atomic mass is 10.2. The van der Waals surface area contributed by atoms with Crippen LogP contribution in [0.2, 0.25) is 0 Å². The van der Waals surface area contributed by atoms with Gasteiger partial charge in [0.05, 0.1) is 12.2 Å². The van der Waals surface area contributed by atoms with Gasteiger partial charge in [0.25, 0.3) is 0 Å². The Hall–Kier alpha value is -2.28. The second-order valence-corrected chi connectivity index (χ2v) is 5.85. The van der Waals surface area contributed by atoms with Crippen molar-refractivity contribution in [3.63, 3.8) is 0 Å². The van der Waals surface area contributed by atoms with Crippen molar-refractivity contribution in [2.75, 3.05) is 26.2 Å². The molecule has 0 radical (unpaired) electrons. The van der Waals surface area contributed by atoms with Crippen molar-refractivity contribution in [1.29, 1.82) is 0 Å². The molecule has 2 heterocycles. The number of benzene rings is 1. The van der Waals surface area contributed by atoms with Gasteiger partial charge in [0.2, 0.25) is 5.91 Å². The van der Waals surface area contributed by atoms with E-state index in [1.807, 2.05) is 24.0 Å². The van der Waals surface area contributed by atoms with E-state index >= 15 is 0 Å². The molecule has 1 aromatic heterocycles. The predicted molar refractivity (Wildman–Crippen MR) is 86.0 cm³/mol. The third kappa shape index (κ3) is 3.56. The van der Waals surface area contributed by atoms with Gasteiger partial charge in [-0.1, -0.05) is 24.6 Å². The Morgan fingerprint density at radius 3 is 2.48 bits per heavy atom. The summed E-state index contributed by atoms with van der Waals surface area (Å²) >= 11 is 0. The van der Waals surface area contributed by atoms with Gasteiger partial charge in [-0.15, -0.1) is 5.10 Å². The number of aryl methyl sites for hydroxylation is 1. The number of hydrogen-bond acceptors (Lipinski definition) is 5. The topological polar surface area (TPSA) is 67.2 Å². The minimum Gasteiger partial charge on any atom is -0.340 e. The van der Waals surface area contributed by atoms with Crippen LogP contribution in [0.25, 0.3) is 5.69 Å². The Bertz CT molecular complexity index is 657. The van der Waals surface area contributed by atoms with Gasteiger partial charge in [0, 0.05) is 32.6 Å². The summed E-state index contributed by atoms with van der Waals surface area (Å²) in [6.07, 6.45) is 0.575. The van der Waals surface area contributed by atoms with E-state index in [1.165, 1.54) is 5.56 Å². The molecule has 0 N–H and O–H groups in total. The lowest BCUT2D eigenvalue weighted by Crippen LogP contribution is -2.48. The first-order valence-electron chi connectivity index (χ1n) is 8.02. The molecule has 3 rings (SSSR count). The summed E-state index contributed by atoms with van der Waals surface area (Å²) in [5, 5.41) is 12.1. The number of carbonyl (C=O) groups excluding carboxylic acids is 1. The van der Waals surface area contributed by atoms with Crippen LogP contribution in [0, 0.1) is 6.92 Å². The van der Waals surface area contributed by atoms with E-state index in [0.29, 0.717) is 13.0 Å². The zero-order valence-electron chi connectivity index (χ0n) is 13.6. The average Bonchev–Trinajstić information content (AvgIpc) is 3.03. The molecule has 7 nitrogen and oxygen atoms in total. The first-order valence-corrected chi connectivity index (χ1v) is 8.02. The van der Waals surface area contributed by atoms with Crippen molar-refractivity contribution in [2.45, 2.75) is 26.8 Å². The molecule has 0 bridgehead atoms. The second-order valence-electron chi connectivity index (χ2n) is 5.85. The maximum Gasteiger partial charge on any atom is 0.222 e. The second kappa shape index (κ2) is 6.87. The van der Waals surface area contributed by atoms with Crippen molar-refractivity contribution in [3.8, 4) is 5.69 Å². The van der Waals surface area contributed by atoms with Gasteiger partial charge in [-0.2, -0.15) is 4.68 Å². The molecule has 0 saturated carbocycles. The van der Waals surface area contributed by atoms with Gasteiger partial charge >= 0.3 is 0 Å². The molecule has 1 amide bonds. The zero-order valence-corrected chi connectivity index (χ0v) is 13.6. The van der Waals surface area contributed by atoms with Crippen LogP contribution >= 0.6 is 0 Å². The summed E-state index contributed by atoms with van der Waals surface area (Å²) < 4.78 is 1.78. The van der Waals surface area contributed by atoms with Crippen molar-refractivity contribution >= 4 is 5.91 Å². The molecule has 1 saturated heterocycles. The van der Waals surface area contributed by atoms with Gasteiger partial charge in [-0.25, -0.2) is 0 Å². The van der Waals surface area contributed by atoms with Gasteiger partial charge < -0.3 is 4.90 Å². The largest absolute Gasteiger partial charge is 0.340 e. The Kier molecular flexibility index (Phi) is 4.66. The van der Waals surface area contributed by atoms with Gasteiger partial charge in [0.1, 0.15) is 0 Å². The molecule has 0 aliphatic carbocycles. The van der Waals surface area contributed by atoms with E-state index < -0.39 is 0 Å². The van der Waals surface area contributed by atoms with Crippen LogP contribution in [0.4, 0.5) is 0 Å².